The Balaban J connectivity index is 2.00. The molecule has 0 aliphatic carbocycles. The highest BCUT2D eigenvalue weighted by atomic mass is 15.2. The minimum atomic E-state index is 0.601. The molecule has 2 heterocycles. The third-order valence-corrected chi connectivity index (χ3v) is 3.48. The fraction of sp³-hybridized carbons (Fsp3) is 0.615. The fourth-order valence-corrected chi connectivity index (χ4v) is 2.36. The van der Waals surface area contributed by atoms with Crippen LogP contribution in [0, 0.1) is 5.92 Å². The summed E-state index contributed by atoms with van der Waals surface area (Å²) < 4.78 is 0. The number of rotatable bonds is 2. The predicted molar refractivity (Wildman–Crippen MR) is 66.9 cm³/mol. The first-order valence-electron chi connectivity index (χ1n) is 6.09. The van der Waals surface area contributed by atoms with Crippen molar-refractivity contribution in [3.8, 4) is 0 Å². The molecular formula is C13H21N3. The molecule has 2 atom stereocenters. The van der Waals surface area contributed by atoms with Gasteiger partial charge in [-0.15, -0.1) is 0 Å². The van der Waals surface area contributed by atoms with Crippen LogP contribution in [0.25, 0.3) is 0 Å². The van der Waals surface area contributed by atoms with Crippen LogP contribution in [0.15, 0.2) is 18.3 Å². The van der Waals surface area contributed by atoms with Crippen LogP contribution in [-0.2, 0) is 6.54 Å². The lowest BCUT2D eigenvalue weighted by Crippen LogP contribution is -2.40. The highest BCUT2D eigenvalue weighted by Crippen LogP contribution is 2.23. The Kier molecular flexibility index (Phi) is 3.44. The van der Waals surface area contributed by atoms with E-state index < -0.39 is 0 Å². The summed E-state index contributed by atoms with van der Waals surface area (Å²) in [7, 11) is 0. The molecule has 3 nitrogen and oxygen atoms in total. The van der Waals surface area contributed by atoms with Crippen molar-refractivity contribution in [3.05, 3.63) is 23.9 Å². The van der Waals surface area contributed by atoms with E-state index in [1.54, 1.807) is 0 Å². The second-order valence-corrected chi connectivity index (χ2v) is 5.05. The maximum absolute atomic E-state index is 5.58. The summed E-state index contributed by atoms with van der Waals surface area (Å²) in [5.74, 6) is 1.42. The average molecular weight is 219 g/mol. The molecular weight excluding hydrogens is 198 g/mol. The molecule has 0 aromatic carbocycles. The van der Waals surface area contributed by atoms with E-state index in [-0.39, 0.29) is 0 Å². The van der Waals surface area contributed by atoms with Gasteiger partial charge in [-0.2, -0.15) is 0 Å². The van der Waals surface area contributed by atoms with Crippen LogP contribution in [0.3, 0.4) is 0 Å². The number of aromatic nitrogens is 1. The van der Waals surface area contributed by atoms with E-state index in [1.807, 2.05) is 12.3 Å². The first-order chi connectivity index (χ1) is 7.65. The monoisotopic (exact) mass is 219 g/mol. The van der Waals surface area contributed by atoms with E-state index in [2.05, 4.69) is 29.8 Å². The molecule has 88 valence electrons. The Bertz CT molecular complexity index is 334. The number of hydrogen-bond donors (Lipinski definition) is 1. The lowest BCUT2D eigenvalue weighted by Gasteiger charge is -2.36. The van der Waals surface area contributed by atoms with Crippen molar-refractivity contribution in [2.75, 3.05) is 12.3 Å². The van der Waals surface area contributed by atoms with Gasteiger partial charge in [0.1, 0.15) is 5.82 Å². The van der Waals surface area contributed by atoms with Gasteiger partial charge in [0.05, 0.1) is 0 Å². The van der Waals surface area contributed by atoms with Crippen LogP contribution in [0.5, 0.6) is 0 Å². The van der Waals surface area contributed by atoms with E-state index >= 15 is 0 Å². The van der Waals surface area contributed by atoms with Gasteiger partial charge in [-0.1, -0.05) is 13.0 Å². The number of nitrogens with two attached hydrogens (primary N) is 1. The Hall–Kier alpha value is -1.09. The summed E-state index contributed by atoms with van der Waals surface area (Å²) in [5, 5.41) is 0. The Morgan fingerprint density at radius 3 is 2.88 bits per heavy atom. The second kappa shape index (κ2) is 4.83. The molecule has 1 saturated heterocycles. The molecule has 2 unspecified atom stereocenters. The third kappa shape index (κ3) is 2.73. The molecule has 0 bridgehead atoms. The summed E-state index contributed by atoms with van der Waals surface area (Å²) in [6.07, 6.45) is 4.56. The van der Waals surface area contributed by atoms with Gasteiger partial charge in [-0.05, 0) is 37.3 Å². The number of nitrogen functional groups attached to an aromatic ring is 1. The minimum Gasteiger partial charge on any atom is -0.384 e. The number of nitrogens with zero attached hydrogens (tertiary/aromatic N) is 2. The molecule has 0 spiro atoms. The molecule has 1 aliphatic heterocycles. The lowest BCUT2D eigenvalue weighted by molar-refractivity contribution is 0.117. The summed E-state index contributed by atoms with van der Waals surface area (Å²) in [5.41, 5.74) is 6.84. The van der Waals surface area contributed by atoms with Gasteiger partial charge in [0.25, 0.3) is 0 Å². The number of piperidine rings is 1. The molecule has 16 heavy (non-hydrogen) atoms. The maximum atomic E-state index is 5.58. The van der Waals surface area contributed by atoms with Gasteiger partial charge in [0, 0.05) is 25.3 Å². The molecule has 0 radical (unpaired) electrons. The van der Waals surface area contributed by atoms with E-state index in [9.17, 15) is 0 Å². The number of likely N-dealkylation sites (tertiary alicyclic amines) is 1. The fourth-order valence-electron chi connectivity index (χ4n) is 2.36. The van der Waals surface area contributed by atoms with Crippen molar-refractivity contribution in [1.29, 1.82) is 0 Å². The molecule has 1 aromatic rings. The molecule has 0 amide bonds. The highest BCUT2D eigenvalue weighted by molar-refractivity contribution is 5.29. The third-order valence-electron chi connectivity index (χ3n) is 3.48. The van der Waals surface area contributed by atoms with Gasteiger partial charge in [-0.25, -0.2) is 4.98 Å². The lowest BCUT2D eigenvalue weighted by atomic mass is 9.95. The first-order valence-corrected chi connectivity index (χ1v) is 6.09. The summed E-state index contributed by atoms with van der Waals surface area (Å²) >= 11 is 0. The molecule has 2 rings (SSSR count). The second-order valence-electron chi connectivity index (χ2n) is 5.05. The minimum absolute atomic E-state index is 0.601. The maximum Gasteiger partial charge on any atom is 0.123 e. The molecule has 3 heteroatoms. The summed E-state index contributed by atoms with van der Waals surface area (Å²) in [6, 6.07) is 4.65. The number of pyridine rings is 1. The normalized spacial score (nSPS) is 26.9. The van der Waals surface area contributed by atoms with Gasteiger partial charge in [0.2, 0.25) is 0 Å². The van der Waals surface area contributed by atoms with Gasteiger partial charge < -0.3 is 5.73 Å². The average Bonchev–Trinajstić information content (AvgIpc) is 2.27. The van der Waals surface area contributed by atoms with Gasteiger partial charge in [0.15, 0.2) is 0 Å². The Morgan fingerprint density at radius 2 is 2.19 bits per heavy atom. The first kappa shape index (κ1) is 11.4. The van der Waals surface area contributed by atoms with Crippen LogP contribution in [-0.4, -0.2) is 22.5 Å². The van der Waals surface area contributed by atoms with Crippen molar-refractivity contribution >= 4 is 5.82 Å². The van der Waals surface area contributed by atoms with Gasteiger partial charge >= 0.3 is 0 Å². The van der Waals surface area contributed by atoms with Crippen LogP contribution in [0.1, 0.15) is 32.3 Å². The molecule has 1 aromatic heterocycles. The van der Waals surface area contributed by atoms with Crippen LogP contribution < -0.4 is 5.73 Å². The van der Waals surface area contributed by atoms with Crippen LogP contribution in [0.2, 0.25) is 0 Å². The molecule has 1 aliphatic rings. The van der Waals surface area contributed by atoms with Gasteiger partial charge in [-0.3, -0.25) is 4.90 Å². The topological polar surface area (TPSA) is 42.1 Å². The van der Waals surface area contributed by atoms with E-state index in [4.69, 9.17) is 5.73 Å². The van der Waals surface area contributed by atoms with Crippen LogP contribution >= 0.6 is 0 Å². The SMILES string of the molecule is CC1CCC(C)N(Cc2ccc(N)nc2)C1. The quantitative estimate of drug-likeness (QED) is 0.829. The standard InChI is InChI=1S/C13H21N3/c1-10-3-4-11(2)16(8-10)9-12-5-6-13(14)15-7-12/h5-7,10-11H,3-4,8-9H2,1-2H3,(H2,14,15). The Morgan fingerprint density at radius 1 is 1.38 bits per heavy atom. The smallest absolute Gasteiger partial charge is 0.123 e. The van der Waals surface area contributed by atoms with Crippen LogP contribution in [0.4, 0.5) is 5.82 Å². The van der Waals surface area contributed by atoms with Crippen molar-refractivity contribution in [2.24, 2.45) is 5.92 Å². The van der Waals surface area contributed by atoms with E-state index in [0.717, 1.165) is 12.5 Å². The molecule has 2 N–H and O–H groups in total. The summed E-state index contributed by atoms with van der Waals surface area (Å²) in [4.78, 5) is 6.68. The zero-order valence-electron chi connectivity index (χ0n) is 10.2. The van der Waals surface area contributed by atoms with E-state index in [0.29, 0.717) is 11.9 Å². The zero-order chi connectivity index (χ0) is 11.5. The van der Waals surface area contributed by atoms with Crippen molar-refractivity contribution in [3.63, 3.8) is 0 Å². The van der Waals surface area contributed by atoms with Crippen molar-refractivity contribution in [1.82, 2.24) is 9.88 Å². The van der Waals surface area contributed by atoms with E-state index in [1.165, 1.54) is 24.9 Å². The molecule has 0 saturated carbocycles. The molecule has 1 fully saturated rings. The largest absolute Gasteiger partial charge is 0.384 e. The van der Waals surface area contributed by atoms with Crippen molar-refractivity contribution in [2.45, 2.75) is 39.3 Å². The number of anilines is 1. The van der Waals surface area contributed by atoms with Crippen molar-refractivity contribution < 1.29 is 0 Å². The highest BCUT2D eigenvalue weighted by Gasteiger charge is 2.22. The summed E-state index contributed by atoms with van der Waals surface area (Å²) in [6.45, 7) is 6.85. The zero-order valence-corrected chi connectivity index (χ0v) is 10.2. The Labute approximate surface area is 97.7 Å². The number of hydrogen-bond acceptors (Lipinski definition) is 3. The predicted octanol–water partition coefficient (Wildman–Crippen LogP) is 2.28.